The Labute approximate surface area is 206 Å². The second-order valence-electron chi connectivity index (χ2n) is 12.1. The van der Waals surface area contributed by atoms with Crippen molar-refractivity contribution in [1.29, 1.82) is 0 Å². The van der Waals surface area contributed by atoms with Crippen LogP contribution in [-0.4, -0.2) is 0 Å². The Morgan fingerprint density at radius 2 is 1.62 bits per heavy atom. The van der Waals surface area contributed by atoms with Crippen LogP contribution in [0.2, 0.25) is 0 Å². The van der Waals surface area contributed by atoms with Gasteiger partial charge in [-0.15, -0.1) is 0 Å². The van der Waals surface area contributed by atoms with E-state index in [2.05, 4.69) is 70.3 Å². The molecule has 0 aromatic heterocycles. The zero-order chi connectivity index (χ0) is 23.6. The Hall–Kier alpha value is -2.34. The summed E-state index contributed by atoms with van der Waals surface area (Å²) in [7, 11) is 0. The number of aryl methyl sites for hydroxylation is 2. The van der Waals surface area contributed by atoms with Gasteiger partial charge in [0.2, 0.25) is 0 Å². The summed E-state index contributed by atoms with van der Waals surface area (Å²) in [5, 5.41) is 0. The van der Waals surface area contributed by atoms with Crippen molar-refractivity contribution in [3.63, 3.8) is 0 Å². The molecule has 0 spiro atoms. The summed E-state index contributed by atoms with van der Waals surface area (Å²) in [6.45, 7) is 16.0. The Morgan fingerprint density at radius 1 is 0.882 bits per heavy atom. The first-order valence-corrected chi connectivity index (χ1v) is 13.7. The Balaban J connectivity index is 1.29. The quantitative estimate of drug-likeness (QED) is 0.400. The molecule has 4 aliphatic carbocycles. The number of rotatable bonds is 5. The van der Waals surface area contributed by atoms with Crippen molar-refractivity contribution in [2.24, 2.45) is 29.6 Å². The van der Waals surface area contributed by atoms with E-state index in [-0.39, 0.29) is 0 Å². The van der Waals surface area contributed by atoms with Gasteiger partial charge < -0.3 is 0 Å². The number of hydrogen-bond acceptors (Lipinski definition) is 0. The third-order valence-electron chi connectivity index (χ3n) is 9.62. The van der Waals surface area contributed by atoms with Crippen LogP contribution in [0.1, 0.15) is 73.3 Å². The maximum Gasteiger partial charge on any atom is 0.00449 e. The van der Waals surface area contributed by atoms with Crippen LogP contribution >= 0.6 is 0 Å². The van der Waals surface area contributed by atoms with E-state index in [4.69, 9.17) is 0 Å². The lowest BCUT2D eigenvalue weighted by Crippen LogP contribution is -2.15. The predicted molar refractivity (Wildman–Crippen MR) is 146 cm³/mol. The minimum absolute atomic E-state index is 0.512. The molecular formula is C34H40. The highest BCUT2D eigenvalue weighted by Gasteiger charge is 2.51. The first-order chi connectivity index (χ1) is 16.4. The highest BCUT2D eigenvalue weighted by molar-refractivity contribution is 5.80. The van der Waals surface area contributed by atoms with Crippen LogP contribution in [-0.2, 0) is 12.8 Å². The molecule has 2 unspecified atom stereocenters. The molecule has 34 heavy (non-hydrogen) atoms. The van der Waals surface area contributed by atoms with E-state index < -0.39 is 0 Å². The molecule has 3 saturated carbocycles. The molecule has 0 N–H and O–H groups in total. The predicted octanol–water partition coefficient (Wildman–Crippen LogP) is 9.05. The average molecular weight is 449 g/mol. The molecule has 0 nitrogen and oxygen atoms in total. The van der Waals surface area contributed by atoms with Crippen molar-refractivity contribution >= 4 is 6.08 Å². The first-order valence-electron chi connectivity index (χ1n) is 13.7. The lowest BCUT2D eigenvalue weighted by molar-refractivity contribution is 0.289. The molecule has 2 aromatic carbocycles. The van der Waals surface area contributed by atoms with E-state index in [0.717, 1.165) is 36.5 Å². The maximum atomic E-state index is 4.47. The van der Waals surface area contributed by atoms with E-state index >= 15 is 0 Å². The van der Waals surface area contributed by atoms with Gasteiger partial charge in [0.15, 0.2) is 0 Å². The van der Waals surface area contributed by atoms with Gasteiger partial charge in [0.1, 0.15) is 0 Å². The van der Waals surface area contributed by atoms with Gasteiger partial charge in [-0.25, -0.2) is 0 Å². The smallest absolute Gasteiger partial charge is 0.00449 e. The topological polar surface area (TPSA) is 0 Å². The van der Waals surface area contributed by atoms with Crippen LogP contribution in [0.3, 0.4) is 0 Å². The molecule has 2 aromatic rings. The van der Waals surface area contributed by atoms with Crippen molar-refractivity contribution in [2.75, 3.05) is 0 Å². The van der Waals surface area contributed by atoms with Crippen molar-refractivity contribution in [1.82, 2.24) is 0 Å². The number of allylic oxidation sites excluding steroid dienone is 3. The molecule has 2 atom stereocenters. The lowest BCUT2D eigenvalue weighted by Gasteiger charge is -2.28. The third kappa shape index (κ3) is 3.84. The fourth-order valence-electron chi connectivity index (χ4n) is 7.44. The summed E-state index contributed by atoms with van der Waals surface area (Å²) in [4.78, 5) is 0. The highest BCUT2D eigenvalue weighted by Crippen LogP contribution is 2.61. The van der Waals surface area contributed by atoms with Gasteiger partial charge in [-0.05, 0) is 109 Å². The van der Waals surface area contributed by atoms with E-state index in [1.807, 2.05) is 0 Å². The van der Waals surface area contributed by atoms with Gasteiger partial charge in [-0.2, -0.15) is 0 Å². The SMILES string of the molecule is C=C1C(CC2=Cc3cccc(-c4cc(C)cc(C)c4CC4CCC(C)CC4)c3C2)C(=C)C2CC12. The molecule has 3 fully saturated rings. The number of hydrogen-bond donors (Lipinski definition) is 0. The largest absolute Gasteiger partial charge is 0.0989 e. The molecule has 0 heteroatoms. The van der Waals surface area contributed by atoms with E-state index in [0.29, 0.717) is 5.92 Å². The van der Waals surface area contributed by atoms with Gasteiger partial charge in [-0.3, -0.25) is 0 Å². The second kappa shape index (κ2) is 8.40. The van der Waals surface area contributed by atoms with Crippen LogP contribution in [0.4, 0.5) is 0 Å². The fraction of sp³-hybridized carbons (Fsp3) is 0.471. The summed E-state index contributed by atoms with van der Waals surface area (Å²) in [6, 6.07) is 11.9. The summed E-state index contributed by atoms with van der Waals surface area (Å²) in [5.74, 6) is 3.76. The Morgan fingerprint density at radius 3 is 2.35 bits per heavy atom. The molecule has 4 aliphatic rings. The number of fused-ring (bicyclic) bond motifs is 2. The molecular weight excluding hydrogens is 408 g/mol. The Kier molecular flexibility index (Phi) is 5.47. The fourth-order valence-corrected chi connectivity index (χ4v) is 7.44. The van der Waals surface area contributed by atoms with Crippen LogP contribution < -0.4 is 0 Å². The number of benzene rings is 2. The summed E-state index contributed by atoms with van der Waals surface area (Å²) >= 11 is 0. The van der Waals surface area contributed by atoms with Gasteiger partial charge in [0.25, 0.3) is 0 Å². The van der Waals surface area contributed by atoms with Gasteiger partial charge in [0.05, 0.1) is 0 Å². The van der Waals surface area contributed by atoms with E-state index in [9.17, 15) is 0 Å². The summed E-state index contributed by atoms with van der Waals surface area (Å²) in [5.41, 5.74) is 14.9. The first kappa shape index (κ1) is 22.1. The van der Waals surface area contributed by atoms with Crippen LogP contribution in [0.15, 0.2) is 60.2 Å². The van der Waals surface area contributed by atoms with Crippen molar-refractivity contribution in [3.8, 4) is 11.1 Å². The molecule has 0 bridgehead atoms. The van der Waals surface area contributed by atoms with Crippen LogP contribution in [0, 0.1) is 43.4 Å². The van der Waals surface area contributed by atoms with Crippen molar-refractivity contribution in [2.45, 2.75) is 72.1 Å². The molecule has 0 saturated heterocycles. The zero-order valence-electron chi connectivity index (χ0n) is 21.4. The standard InChI is InChI=1S/C34H40/c1-20-9-11-25(12-10-20)16-29-22(3)13-21(2)14-34(29)28-8-6-7-27-15-26(18-33(27)28)17-30-23(4)31-19-32(31)24(30)5/h6-8,13-15,20,25,30-32H,4-5,9-12,16-19H2,1-3H3. The molecule has 0 aliphatic heterocycles. The molecule has 0 heterocycles. The molecule has 176 valence electrons. The minimum atomic E-state index is 0.512. The van der Waals surface area contributed by atoms with Crippen molar-refractivity contribution in [3.05, 3.63) is 88.0 Å². The lowest BCUT2D eigenvalue weighted by atomic mass is 9.77. The minimum Gasteiger partial charge on any atom is -0.0989 e. The van der Waals surface area contributed by atoms with E-state index in [1.165, 1.54) is 77.5 Å². The summed E-state index contributed by atoms with van der Waals surface area (Å²) < 4.78 is 0. The van der Waals surface area contributed by atoms with Crippen molar-refractivity contribution < 1.29 is 0 Å². The highest BCUT2D eigenvalue weighted by atomic mass is 14.6. The second-order valence-corrected chi connectivity index (χ2v) is 12.1. The average Bonchev–Trinajstić information content (AvgIpc) is 3.45. The third-order valence-corrected chi connectivity index (χ3v) is 9.62. The van der Waals surface area contributed by atoms with Gasteiger partial charge >= 0.3 is 0 Å². The summed E-state index contributed by atoms with van der Waals surface area (Å²) in [6.07, 6.45) is 12.8. The molecule has 0 radical (unpaired) electrons. The van der Waals surface area contributed by atoms with Crippen LogP contribution in [0.25, 0.3) is 17.2 Å². The molecule has 0 amide bonds. The zero-order valence-corrected chi connectivity index (χ0v) is 21.4. The van der Waals surface area contributed by atoms with Crippen LogP contribution in [0.5, 0.6) is 0 Å². The monoisotopic (exact) mass is 448 g/mol. The maximum absolute atomic E-state index is 4.47. The van der Waals surface area contributed by atoms with E-state index in [1.54, 1.807) is 16.7 Å². The van der Waals surface area contributed by atoms with Gasteiger partial charge in [-0.1, -0.05) is 91.6 Å². The Bertz CT molecular complexity index is 1180. The normalized spacial score (nSPS) is 29.7. The van der Waals surface area contributed by atoms with Gasteiger partial charge in [0, 0.05) is 5.92 Å². The molecule has 6 rings (SSSR count).